The van der Waals surface area contributed by atoms with E-state index >= 15 is 0 Å². The predicted octanol–water partition coefficient (Wildman–Crippen LogP) is 3.07. The molecule has 1 heterocycles. The van der Waals surface area contributed by atoms with Gasteiger partial charge in [0, 0.05) is 11.6 Å². The molecule has 6 heteroatoms. The second-order valence-corrected chi connectivity index (χ2v) is 5.57. The molecule has 0 amide bonds. The van der Waals surface area contributed by atoms with Crippen molar-refractivity contribution in [1.82, 2.24) is 0 Å². The van der Waals surface area contributed by atoms with Gasteiger partial charge in [0.2, 0.25) is 0 Å². The third kappa shape index (κ3) is 3.03. The van der Waals surface area contributed by atoms with Gasteiger partial charge in [-0.1, -0.05) is 0 Å². The first kappa shape index (κ1) is 12.6. The van der Waals surface area contributed by atoms with Crippen molar-refractivity contribution in [2.75, 3.05) is 5.32 Å². The highest BCUT2D eigenvalue weighted by Crippen LogP contribution is 2.36. The molecule has 0 saturated heterocycles. The highest BCUT2D eigenvalue weighted by molar-refractivity contribution is 7.18. The van der Waals surface area contributed by atoms with Crippen molar-refractivity contribution in [2.45, 2.75) is 33.2 Å². The monoisotopic (exact) mass is 242 g/mol. The van der Waals surface area contributed by atoms with Gasteiger partial charge in [-0.15, -0.1) is 11.3 Å². The van der Waals surface area contributed by atoms with Crippen LogP contribution in [0.25, 0.3) is 0 Å². The van der Waals surface area contributed by atoms with Crippen LogP contribution in [0.2, 0.25) is 0 Å². The molecule has 0 aliphatic rings. The van der Waals surface area contributed by atoms with E-state index in [9.17, 15) is 14.9 Å². The molecule has 1 aromatic rings. The molecule has 1 rings (SSSR count). The Labute approximate surface area is 97.6 Å². The van der Waals surface area contributed by atoms with Crippen LogP contribution >= 0.6 is 11.3 Å². The van der Waals surface area contributed by atoms with Crippen LogP contribution in [0.3, 0.4) is 0 Å². The van der Waals surface area contributed by atoms with Gasteiger partial charge in [0.1, 0.15) is 0 Å². The average Bonchev–Trinajstić information content (AvgIpc) is 2.44. The van der Waals surface area contributed by atoms with E-state index < -0.39 is 4.92 Å². The third-order valence-electron chi connectivity index (χ3n) is 1.74. The van der Waals surface area contributed by atoms with Crippen LogP contribution in [0.15, 0.2) is 6.07 Å². The Morgan fingerprint density at radius 1 is 1.50 bits per heavy atom. The fraction of sp³-hybridized carbons (Fsp3) is 0.500. The standard InChI is InChI=1S/C10H14N2O3S/c1-6(13)8-5-7(12(14)15)9(16-8)11-10(2,3)4/h5,11H,1-4H3. The Hall–Kier alpha value is -1.43. The van der Waals surface area contributed by atoms with Gasteiger partial charge in [0.25, 0.3) is 0 Å². The van der Waals surface area contributed by atoms with E-state index in [4.69, 9.17) is 0 Å². The number of hydrogen-bond donors (Lipinski definition) is 1. The zero-order valence-corrected chi connectivity index (χ0v) is 10.5. The number of nitrogens with zero attached hydrogens (tertiary/aromatic N) is 1. The predicted molar refractivity (Wildman–Crippen MR) is 64.4 cm³/mol. The number of nitro groups is 1. The van der Waals surface area contributed by atoms with Crippen molar-refractivity contribution < 1.29 is 9.72 Å². The van der Waals surface area contributed by atoms with E-state index in [0.717, 1.165) is 11.3 Å². The van der Waals surface area contributed by atoms with Crippen LogP contribution in [-0.4, -0.2) is 16.2 Å². The second-order valence-electron chi connectivity index (χ2n) is 4.51. The number of Topliss-reactive ketones (excluding diaryl/α,β-unsaturated/α-hetero) is 1. The summed E-state index contributed by atoms with van der Waals surface area (Å²) < 4.78 is 0. The van der Waals surface area contributed by atoms with E-state index in [1.807, 2.05) is 20.8 Å². The third-order valence-corrected chi connectivity index (χ3v) is 2.89. The van der Waals surface area contributed by atoms with Gasteiger partial charge in [-0.3, -0.25) is 14.9 Å². The Balaban J connectivity index is 3.15. The number of nitrogens with one attached hydrogen (secondary N) is 1. The normalized spacial score (nSPS) is 11.2. The summed E-state index contributed by atoms with van der Waals surface area (Å²) in [5.41, 5.74) is -0.311. The lowest BCUT2D eigenvalue weighted by Gasteiger charge is -2.20. The molecule has 0 spiro atoms. The molecule has 0 radical (unpaired) electrons. The average molecular weight is 242 g/mol. The Morgan fingerprint density at radius 2 is 2.06 bits per heavy atom. The molecule has 0 bridgehead atoms. The summed E-state index contributed by atoms with van der Waals surface area (Å²) in [7, 11) is 0. The molecule has 0 aliphatic carbocycles. The van der Waals surface area contributed by atoms with Crippen molar-refractivity contribution in [1.29, 1.82) is 0 Å². The van der Waals surface area contributed by atoms with E-state index in [1.54, 1.807) is 0 Å². The molecular formula is C10H14N2O3S. The zero-order chi connectivity index (χ0) is 12.5. The molecule has 0 aliphatic heterocycles. The highest BCUT2D eigenvalue weighted by atomic mass is 32.1. The minimum Gasteiger partial charge on any atom is -0.367 e. The van der Waals surface area contributed by atoms with Gasteiger partial charge in [-0.25, -0.2) is 0 Å². The quantitative estimate of drug-likeness (QED) is 0.502. The van der Waals surface area contributed by atoms with Crippen LogP contribution in [0.5, 0.6) is 0 Å². The van der Waals surface area contributed by atoms with Crippen molar-refractivity contribution in [3.8, 4) is 0 Å². The van der Waals surface area contributed by atoms with Crippen molar-refractivity contribution >= 4 is 27.8 Å². The van der Waals surface area contributed by atoms with Crippen molar-refractivity contribution in [3.63, 3.8) is 0 Å². The van der Waals surface area contributed by atoms with Crippen molar-refractivity contribution in [2.24, 2.45) is 0 Å². The number of anilines is 1. The summed E-state index contributed by atoms with van der Waals surface area (Å²) in [4.78, 5) is 21.9. The molecule has 0 saturated carbocycles. The minimum atomic E-state index is -0.475. The summed E-state index contributed by atoms with van der Waals surface area (Å²) >= 11 is 1.12. The second kappa shape index (κ2) is 4.21. The maximum Gasteiger partial charge on any atom is 0.304 e. The smallest absolute Gasteiger partial charge is 0.304 e. The van der Waals surface area contributed by atoms with Crippen LogP contribution in [-0.2, 0) is 0 Å². The summed E-state index contributed by atoms with van der Waals surface area (Å²) in [6.45, 7) is 7.12. The van der Waals surface area contributed by atoms with Gasteiger partial charge in [0.15, 0.2) is 10.8 Å². The summed E-state index contributed by atoms with van der Waals surface area (Å²) in [5.74, 6) is -0.157. The lowest BCUT2D eigenvalue weighted by molar-refractivity contribution is -0.383. The van der Waals surface area contributed by atoms with Crippen molar-refractivity contribution in [3.05, 3.63) is 21.1 Å². The first-order valence-corrected chi connectivity index (χ1v) is 5.59. The van der Waals surface area contributed by atoms with Crippen LogP contribution in [0, 0.1) is 10.1 Å². The van der Waals surface area contributed by atoms with Gasteiger partial charge in [-0.2, -0.15) is 0 Å². The Kier molecular flexibility index (Phi) is 3.32. The van der Waals surface area contributed by atoms with E-state index in [0.29, 0.717) is 9.88 Å². The lowest BCUT2D eigenvalue weighted by Crippen LogP contribution is -2.25. The number of ketones is 1. The SMILES string of the molecule is CC(=O)c1cc([N+](=O)[O-])c(NC(C)(C)C)s1. The molecule has 5 nitrogen and oxygen atoms in total. The summed E-state index contributed by atoms with van der Waals surface area (Å²) in [6, 6.07) is 1.32. The number of hydrogen-bond acceptors (Lipinski definition) is 5. The van der Waals surface area contributed by atoms with Gasteiger partial charge in [0.05, 0.1) is 9.80 Å². The number of thiophene rings is 1. The maximum absolute atomic E-state index is 11.2. The molecule has 88 valence electrons. The van der Waals surface area contributed by atoms with Crippen LogP contribution in [0.1, 0.15) is 37.4 Å². The lowest BCUT2D eigenvalue weighted by atomic mass is 10.1. The van der Waals surface area contributed by atoms with Gasteiger partial charge < -0.3 is 5.32 Å². The van der Waals surface area contributed by atoms with E-state index in [2.05, 4.69) is 5.32 Å². The fourth-order valence-electron chi connectivity index (χ4n) is 1.12. The maximum atomic E-state index is 11.2. The molecule has 0 atom stereocenters. The fourth-order valence-corrected chi connectivity index (χ4v) is 2.25. The molecule has 1 aromatic heterocycles. The summed E-state index contributed by atoms with van der Waals surface area (Å²) in [6.07, 6.45) is 0. The molecular weight excluding hydrogens is 228 g/mol. The van der Waals surface area contributed by atoms with E-state index in [1.165, 1.54) is 13.0 Å². The molecule has 1 N–H and O–H groups in total. The molecule has 0 unspecified atom stereocenters. The van der Waals surface area contributed by atoms with E-state index in [-0.39, 0.29) is 17.0 Å². The zero-order valence-electron chi connectivity index (χ0n) is 9.66. The largest absolute Gasteiger partial charge is 0.367 e. The minimum absolute atomic E-state index is 0.0369. The molecule has 0 fully saturated rings. The molecule has 0 aromatic carbocycles. The molecule has 16 heavy (non-hydrogen) atoms. The highest BCUT2D eigenvalue weighted by Gasteiger charge is 2.23. The number of rotatable bonds is 3. The van der Waals surface area contributed by atoms with Gasteiger partial charge >= 0.3 is 5.69 Å². The van der Waals surface area contributed by atoms with Crippen LogP contribution in [0.4, 0.5) is 10.7 Å². The first-order valence-electron chi connectivity index (χ1n) is 4.78. The van der Waals surface area contributed by atoms with Crippen LogP contribution < -0.4 is 5.32 Å². The number of carbonyl (C=O) groups is 1. The summed E-state index contributed by atoms with van der Waals surface area (Å²) in [5, 5.41) is 14.3. The number of carbonyl (C=O) groups excluding carboxylic acids is 1. The van der Waals surface area contributed by atoms with Gasteiger partial charge in [-0.05, 0) is 27.7 Å². The Morgan fingerprint density at radius 3 is 2.44 bits per heavy atom. The Bertz CT molecular complexity index is 432. The first-order chi connectivity index (χ1) is 7.20. The topological polar surface area (TPSA) is 72.2 Å².